The van der Waals surface area contributed by atoms with Crippen LogP contribution in [0.15, 0.2) is 35.5 Å². The molecule has 0 spiro atoms. The summed E-state index contributed by atoms with van der Waals surface area (Å²) in [6.45, 7) is 1.30. The first-order valence-corrected chi connectivity index (χ1v) is 10.2. The van der Waals surface area contributed by atoms with Crippen molar-refractivity contribution in [1.29, 1.82) is 0 Å². The second-order valence-corrected chi connectivity index (χ2v) is 8.53. The lowest BCUT2D eigenvalue weighted by atomic mass is 10.1. The summed E-state index contributed by atoms with van der Waals surface area (Å²) in [6, 6.07) is 4.26. The lowest BCUT2D eigenvalue weighted by Crippen LogP contribution is -2.45. The van der Waals surface area contributed by atoms with Gasteiger partial charge in [-0.05, 0) is 31.0 Å². The molecule has 0 amide bonds. The standard InChI is InChI=1S/C15H15Cl3N4O2S/c16-10-8-12(17)14(13(18)9-10)25(23,24)21-11-2-6-22(7-3-11)15-19-4-1-5-20-15/h1,4-5,8-9,11,21H,2-3,6-7H2. The number of nitrogens with zero attached hydrogens (tertiary/aromatic N) is 3. The molecule has 0 saturated carbocycles. The topological polar surface area (TPSA) is 75.2 Å². The molecule has 0 aliphatic carbocycles. The van der Waals surface area contributed by atoms with E-state index in [1.807, 2.05) is 4.90 Å². The number of halogens is 3. The Morgan fingerprint density at radius 1 is 1.04 bits per heavy atom. The van der Waals surface area contributed by atoms with Gasteiger partial charge in [0, 0.05) is 36.5 Å². The van der Waals surface area contributed by atoms with E-state index in [0.29, 0.717) is 31.9 Å². The highest BCUT2D eigenvalue weighted by molar-refractivity contribution is 7.89. The molecular weight excluding hydrogens is 407 g/mol. The van der Waals surface area contributed by atoms with E-state index in [4.69, 9.17) is 34.8 Å². The van der Waals surface area contributed by atoms with Crippen molar-refractivity contribution in [1.82, 2.24) is 14.7 Å². The van der Waals surface area contributed by atoms with Crippen LogP contribution >= 0.6 is 34.8 Å². The van der Waals surface area contributed by atoms with E-state index in [1.54, 1.807) is 18.5 Å². The van der Waals surface area contributed by atoms with Crippen molar-refractivity contribution in [3.05, 3.63) is 45.7 Å². The van der Waals surface area contributed by atoms with Gasteiger partial charge in [0.1, 0.15) is 4.90 Å². The fraction of sp³-hybridized carbons (Fsp3) is 0.333. The molecule has 3 rings (SSSR count). The van der Waals surface area contributed by atoms with E-state index < -0.39 is 10.0 Å². The van der Waals surface area contributed by atoms with Crippen LogP contribution in [-0.4, -0.2) is 37.5 Å². The molecule has 1 aliphatic heterocycles. The van der Waals surface area contributed by atoms with Crippen LogP contribution in [0.1, 0.15) is 12.8 Å². The van der Waals surface area contributed by atoms with E-state index in [2.05, 4.69) is 14.7 Å². The molecule has 1 N–H and O–H groups in total. The molecule has 1 aliphatic rings. The molecule has 0 bridgehead atoms. The summed E-state index contributed by atoms with van der Waals surface area (Å²) < 4.78 is 28.0. The Labute approximate surface area is 161 Å². The molecule has 25 heavy (non-hydrogen) atoms. The van der Waals surface area contributed by atoms with Gasteiger partial charge in [0.25, 0.3) is 0 Å². The normalized spacial score (nSPS) is 16.2. The highest BCUT2D eigenvalue weighted by Crippen LogP contribution is 2.33. The Hall–Kier alpha value is -1.12. The van der Waals surface area contributed by atoms with Crippen molar-refractivity contribution in [3.8, 4) is 0 Å². The fourth-order valence-electron chi connectivity index (χ4n) is 2.72. The zero-order chi connectivity index (χ0) is 18.0. The summed E-state index contributed by atoms with van der Waals surface area (Å²) in [4.78, 5) is 10.3. The molecule has 1 saturated heterocycles. The summed E-state index contributed by atoms with van der Waals surface area (Å²) in [6.07, 6.45) is 4.62. The van der Waals surface area contributed by atoms with Crippen molar-refractivity contribution < 1.29 is 8.42 Å². The van der Waals surface area contributed by atoms with E-state index >= 15 is 0 Å². The summed E-state index contributed by atoms with van der Waals surface area (Å²) in [7, 11) is -3.84. The number of hydrogen-bond acceptors (Lipinski definition) is 5. The van der Waals surface area contributed by atoms with Crippen molar-refractivity contribution in [2.24, 2.45) is 0 Å². The Morgan fingerprint density at radius 2 is 1.60 bits per heavy atom. The lowest BCUT2D eigenvalue weighted by Gasteiger charge is -2.32. The number of nitrogens with one attached hydrogen (secondary N) is 1. The maximum Gasteiger partial charge on any atom is 0.243 e. The summed E-state index contributed by atoms with van der Waals surface area (Å²) in [5, 5.41) is 0.283. The first-order chi connectivity index (χ1) is 11.9. The Balaban J connectivity index is 1.69. The van der Waals surface area contributed by atoms with Crippen LogP contribution in [0.4, 0.5) is 5.95 Å². The quantitative estimate of drug-likeness (QED) is 0.819. The minimum absolute atomic E-state index is 0.000113. The average Bonchev–Trinajstić information content (AvgIpc) is 2.54. The average molecular weight is 422 g/mol. The highest BCUT2D eigenvalue weighted by atomic mass is 35.5. The van der Waals surface area contributed by atoms with Gasteiger partial charge in [0.05, 0.1) is 10.0 Å². The molecule has 10 heteroatoms. The van der Waals surface area contributed by atoms with Crippen molar-refractivity contribution in [2.45, 2.75) is 23.8 Å². The van der Waals surface area contributed by atoms with Gasteiger partial charge in [-0.25, -0.2) is 23.1 Å². The van der Waals surface area contributed by atoms with E-state index in [9.17, 15) is 8.42 Å². The predicted molar refractivity (Wildman–Crippen MR) is 99.1 cm³/mol. The van der Waals surface area contributed by atoms with Crippen LogP contribution in [0, 0.1) is 0 Å². The number of aromatic nitrogens is 2. The number of piperidine rings is 1. The van der Waals surface area contributed by atoms with Crippen molar-refractivity contribution in [3.63, 3.8) is 0 Å². The van der Waals surface area contributed by atoms with Crippen LogP contribution in [0.3, 0.4) is 0 Å². The molecular formula is C15H15Cl3N4O2S. The smallest absolute Gasteiger partial charge is 0.243 e. The van der Waals surface area contributed by atoms with Crippen LogP contribution in [0.25, 0.3) is 0 Å². The monoisotopic (exact) mass is 420 g/mol. The number of rotatable bonds is 4. The van der Waals surface area contributed by atoms with Gasteiger partial charge >= 0.3 is 0 Å². The van der Waals surface area contributed by atoms with Gasteiger partial charge < -0.3 is 4.90 Å². The van der Waals surface area contributed by atoms with Gasteiger partial charge in [-0.2, -0.15) is 0 Å². The molecule has 0 unspecified atom stereocenters. The lowest BCUT2D eigenvalue weighted by molar-refractivity contribution is 0.456. The van der Waals surface area contributed by atoms with Gasteiger partial charge in [0.15, 0.2) is 0 Å². The molecule has 2 aromatic rings. The number of hydrogen-bond donors (Lipinski definition) is 1. The first-order valence-electron chi connectivity index (χ1n) is 7.55. The maximum absolute atomic E-state index is 12.6. The van der Waals surface area contributed by atoms with Crippen molar-refractivity contribution in [2.75, 3.05) is 18.0 Å². The summed E-state index contributed by atoms with van der Waals surface area (Å²) >= 11 is 17.9. The molecule has 0 atom stereocenters. The van der Waals surface area contributed by atoms with E-state index in [-0.39, 0.29) is 26.0 Å². The van der Waals surface area contributed by atoms with E-state index in [0.717, 1.165) is 0 Å². The molecule has 1 aromatic heterocycles. The molecule has 1 fully saturated rings. The Morgan fingerprint density at radius 3 is 2.16 bits per heavy atom. The molecule has 0 radical (unpaired) electrons. The van der Waals surface area contributed by atoms with Crippen LogP contribution < -0.4 is 9.62 Å². The van der Waals surface area contributed by atoms with Crippen LogP contribution in [0.2, 0.25) is 15.1 Å². The number of sulfonamides is 1. The fourth-order valence-corrected chi connectivity index (χ4v) is 5.57. The number of benzene rings is 1. The summed E-state index contributed by atoms with van der Waals surface area (Å²) in [5.41, 5.74) is 0. The third-order valence-electron chi connectivity index (χ3n) is 3.88. The molecule has 6 nitrogen and oxygen atoms in total. The van der Waals surface area contributed by atoms with Gasteiger partial charge in [0.2, 0.25) is 16.0 Å². The zero-order valence-electron chi connectivity index (χ0n) is 13.0. The predicted octanol–water partition coefficient (Wildman–Crippen LogP) is 3.38. The second kappa shape index (κ2) is 7.63. The zero-order valence-corrected chi connectivity index (χ0v) is 16.1. The van der Waals surface area contributed by atoms with Crippen LogP contribution in [0.5, 0.6) is 0 Å². The van der Waals surface area contributed by atoms with E-state index in [1.165, 1.54) is 12.1 Å². The third-order valence-corrected chi connectivity index (χ3v) is 6.54. The largest absolute Gasteiger partial charge is 0.341 e. The second-order valence-electron chi connectivity index (χ2n) is 5.63. The van der Waals surface area contributed by atoms with Crippen molar-refractivity contribution >= 4 is 50.8 Å². The summed E-state index contributed by atoms with van der Waals surface area (Å²) in [5.74, 6) is 0.646. The minimum atomic E-state index is -3.84. The third kappa shape index (κ3) is 4.35. The number of anilines is 1. The molecule has 134 valence electrons. The molecule has 1 aromatic carbocycles. The Kier molecular flexibility index (Phi) is 5.70. The minimum Gasteiger partial charge on any atom is -0.341 e. The maximum atomic E-state index is 12.6. The Bertz CT molecular complexity index is 833. The molecule has 2 heterocycles. The SMILES string of the molecule is O=S(=O)(NC1CCN(c2ncccn2)CC1)c1c(Cl)cc(Cl)cc1Cl. The highest BCUT2D eigenvalue weighted by Gasteiger charge is 2.28. The van der Waals surface area contributed by atoms with Gasteiger partial charge in [-0.15, -0.1) is 0 Å². The van der Waals surface area contributed by atoms with Gasteiger partial charge in [-0.1, -0.05) is 34.8 Å². The van der Waals surface area contributed by atoms with Crippen LogP contribution in [-0.2, 0) is 10.0 Å². The first kappa shape index (κ1) is 18.7. The van der Waals surface area contributed by atoms with Gasteiger partial charge in [-0.3, -0.25) is 0 Å².